The molecule has 9 nitrogen and oxygen atoms in total. The van der Waals surface area contributed by atoms with Crippen molar-refractivity contribution in [3.05, 3.63) is 80.1 Å². The van der Waals surface area contributed by atoms with E-state index in [1.54, 1.807) is 6.07 Å². The van der Waals surface area contributed by atoms with Crippen LogP contribution in [0.2, 0.25) is 10.0 Å². The zero-order chi connectivity index (χ0) is 21.7. The fraction of sp³-hybridized carbons (Fsp3) is 0.105. The van der Waals surface area contributed by atoms with Gasteiger partial charge < -0.3 is 5.32 Å². The number of carbonyl (C=O) groups is 1. The molecule has 0 unspecified atom stereocenters. The number of hydrogen-bond donors (Lipinski definition) is 3. The van der Waals surface area contributed by atoms with E-state index >= 15 is 0 Å². The van der Waals surface area contributed by atoms with E-state index in [1.807, 2.05) is 25.1 Å². The van der Waals surface area contributed by atoms with Crippen molar-refractivity contribution in [2.24, 2.45) is 0 Å². The maximum Gasteiger partial charge on any atom is 0.355 e. The van der Waals surface area contributed by atoms with E-state index in [0.717, 1.165) is 18.3 Å². The summed E-state index contributed by atoms with van der Waals surface area (Å²) < 4.78 is 0. The first-order valence-corrected chi connectivity index (χ1v) is 9.52. The molecule has 0 saturated heterocycles. The number of nitrogens with one attached hydrogen (secondary N) is 3. The number of aryl methyl sites for hydroxylation is 1. The van der Waals surface area contributed by atoms with E-state index in [9.17, 15) is 14.9 Å². The predicted octanol–water partition coefficient (Wildman–Crippen LogP) is 4.75. The molecule has 3 N–H and O–H groups in total. The lowest BCUT2D eigenvalue weighted by Gasteiger charge is -2.13. The lowest BCUT2D eigenvalue weighted by atomic mass is 10.1. The Bertz CT molecular complexity index is 1110. The second-order valence-electron chi connectivity index (χ2n) is 6.02. The fourth-order valence-electron chi connectivity index (χ4n) is 2.67. The molecule has 0 saturated carbocycles. The van der Waals surface area contributed by atoms with Crippen LogP contribution in [0.15, 0.2) is 48.8 Å². The van der Waals surface area contributed by atoms with Crippen LogP contribution >= 0.6 is 23.2 Å². The van der Waals surface area contributed by atoms with Gasteiger partial charge in [0.1, 0.15) is 6.33 Å². The van der Waals surface area contributed by atoms with Crippen molar-refractivity contribution in [2.75, 3.05) is 10.7 Å². The average Bonchev–Trinajstić information content (AvgIpc) is 2.72. The van der Waals surface area contributed by atoms with Gasteiger partial charge >= 0.3 is 5.69 Å². The third-order valence-electron chi connectivity index (χ3n) is 4.13. The Morgan fingerprint density at radius 3 is 2.57 bits per heavy atom. The van der Waals surface area contributed by atoms with Gasteiger partial charge in [-0.15, -0.1) is 0 Å². The number of halogens is 2. The minimum Gasteiger partial charge on any atom is -0.334 e. The highest BCUT2D eigenvalue weighted by atomic mass is 35.5. The lowest BCUT2D eigenvalue weighted by molar-refractivity contribution is -0.383. The van der Waals surface area contributed by atoms with Gasteiger partial charge in [0.05, 0.1) is 15.5 Å². The summed E-state index contributed by atoms with van der Waals surface area (Å²) in [5.74, 6) is -0.822. The summed E-state index contributed by atoms with van der Waals surface area (Å²) in [6.45, 7) is 1.97. The molecule has 1 aromatic heterocycles. The highest BCUT2D eigenvalue weighted by Crippen LogP contribution is 2.32. The summed E-state index contributed by atoms with van der Waals surface area (Å²) in [4.78, 5) is 31.3. The molecule has 0 aliphatic carbocycles. The normalized spacial score (nSPS) is 10.4. The molecule has 0 radical (unpaired) electrons. The number of nitrogens with zero attached hydrogens (tertiary/aromatic N) is 3. The second-order valence-corrected chi connectivity index (χ2v) is 6.86. The Kier molecular flexibility index (Phi) is 6.65. The van der Waals surface area contributed by atoms with Crippen LogP contribution in [0, 0.1) is 10.1 Å². The second kappa shape index (κ2) is 9.38. The lowest BCUT2D eigenvalue weighted by Crippen LogP contribution is -2.30. The molecule has 3 aromatic rings. The van der Waals surface area contributed by atoms with Crippen molar-refractivity contribution in [3.63, 3.8) is 0 Å². The minimum atomic E-state index is -0.638. The first-order chi connectivity index (χ1) is 14.4. The molecule has 30 heavy (non-hydrogen) atoms. The predicted molar refractivity (Wildman–Crippen MR) is 115 cm³/mol. The van der Waals surface area contributed by atoms with Crippen molar-refractivity contribution < 1.29 is 9.72 Å². The average molecular weight is 447 g/mol. The van der Waals surface area contributed by atoms with Crippen molar-refractivity contribution >= 4 is 52.1 Å². The van der Waals surface area contributed by atoms with Gasteiger partial charge in [0.25, 0.3) is 5.91 Å². The quantitative estimate of drug-likeness (QED) is 0.353. The third kappa shape index (κ3) is 4.76. The van der Waals surface area contributed by atoms with Crippen LogP contribution in [0.4, 0.5) is 23.0 Å². The largest absolute Gasteiger partial charge is 0.355 e. The maximum atomic E-state index is 12.4. The number of anilines is 3. The van der Waals surface area contributed by atoms with Gasteiger partial charge in [-0.3, -0.25) is 25.8 Å². The summed E-state index contributed by atoms with van der Waals surface area (Å²) in [7, 11) is 0. The van der Waals surface area contributed by atoms with Gasteiger partial charge in [0, 0.05) is 10.7 Å². The summed E-state index contributed by atoms with van der Waals surface area (Å²) >= 11 is 11.8. The highest BCUT2D eigenvalue weighted by Gasteiger charge is 2.24. The topological polar surface area (TPSA) is 122 Å². The molecule has 0 fully saturated rings. The van der Waals surface area contributed by atoms with Gasteiger partial charge in [0.15, 0.2) is 0 Å². The van der Waals surface area contributed by atoms with E-state index in [4.69, 9.17) is 23.2 Å². The van der Waals surface area contributed by atoms with Crippen LogP contribution in [0.3, 0.4) is 0 Å². The van der Waals surface area contributed by atoms with E-state index in [0.29, 0.717) is 10.7 Å². The van der Waals surface area contributed by atoms with E-state index in [1.165, 1.54) is 18.2 Å². The van der Waals surface area contributed by atoms with Crippen LogP contribution in [-0.4, -0.2) is 20.8 Å². The van der Waals surface area contributed by atoms with E-state index < -0.39 is 16.5 Å². The smallest absolute Gasteiger partial charge is 0.334 e. The van der Waals surface area contributed by atoms with Crippen LogP contribution in [-0.2, 0) is 6.42 Å². The van der Waals surface area contributed by atoms with Crippen LogP contribution in [0.25, 0.3) is 0 Å². The number of benzene rings is 2. The van der Waals surface area contributed by atoms with Crippen molar-refractivity contribution in [1.29, 1.82) is 0 Å². The van der Waals surface area contributed by atoms with Gasteiger partial charge in [-0.25, -0.2) is 9.97 Å². The number of amides is 1. The molecular formula is C19H16Cl2N6O3. The van der Waals surface area contributed by atoms with Gasteiger partial charge in [-0.1, -0.05) is 48.3 Å². The number of aromatic nitrogens is 2. The zero-order valence-electron chi connectivity index (χ0n) is 15.6. The van der Waals surface area contributed by atoms with E-state index in [-0.39, 0.29) is 22.2 Å². The first-order valence-electron chi connectivity index (χ1n) is 8.76. The molecule has 0 aliphatic heterocycles. The number of rotatable bonds is 7. The zero-order valence-corrected chi connectivity index (χ0v) is 17.2. The molecule has 0 bridgehead atoms. The van der Waals surface area contributed by atoms with E-state index in [2.05, 4.69) is 26.1 Å². The molecule has 0 spiro atoms. The van der Waals surface area contributed by atoms with Crippen LogP contribution < -0.4 is 16.2 Å². The van der Waals surface area contributed by atoms with Crippen molar-refractivity contribution in [2.45, 2.75) is 13.3 Å². The fourth-order valence-corrected chi connectivity index (χ4v) is 3.16. The molecule has 3 rings (SSSR count). The molecule has 0 aliphatic rings. The molecule has 1 heterocycles. The highest BCUT2D eigenvalue weighted by molar-refractivity contribution is 6.36. The first kappa shape index (κ1) is 21.3. The Labute approximate surface area is 181 Å². The summed E-state index contributed by atoms with van der Waals surface area (Å²) in [6.07, 6.45) is 1.87. The number of para-hydroxylation sites is 1. The van der Waals surface area contributed by atoms with Crippen molar-refractivity contribution in [3.8, 4) is 0 Å². The molecule has 11 heteroatoms. The number of nitro groups is 1. The SMILES string of the molecule is CCc1ccccc1Nc1ncnc(NNC(=O)c2ccc(Cl)cc2Cl)c1[N+](=O)[O-]. The molecule has 0 atom stereocenters. The van der Waals surface area contributed by atoms with Gasteiger partial charge in [-0.2, -0.15) is 0 Å². The van der Waals surface area contributed by atoms with Gasteiger partial charge in [0.2, 0.25) is 11.6 Å². The molecule has 1 amide bonds. The van der Waals surface area contributed by atoms with Crippen LogP contribution in [0.5, 0.6) is 0 Å². The summed E-state index contributed by atoms with van der Waals surface area (Å²) in [5, 5.41) is 15.2. The monoisotopic (exact) mass is 446 g/mol. The standard InChI is InChI=1S/C19H16Cl2N6O3/c1-2-11-5-3-4-6-15(11)24-17-16(27(29)30)18(23-10-22-17)25-26-19(28)13-8-7-12(20)9-14(13)21/h3-10H,2H2,1H3,(H,26,28)(H2,22,23,24,25). The number of carbonyl (C=O) groups excluding carboxylic acids is 1. The Morgan fingerprint density at radius 1 is 1.13 bits per heavy atom. The summed E-state index contributed by atoms with van der Waals surface area (Å²) in [6, 6.07) is 11.7. The minimum absolute atomic E-state index is 0.0165. The Hall–Kier alpha value is -3.43. The molecular weight excluding hydrogens is 431 g/mol. The Balaban J connectivity index is 1.86. The van der Waals surface area contributed by atoms with Crippen LogP contribution in [0.1, 0.15) is 22.8 Å². The summed E-state index contributed by atoms with van der Waals surface area (Å²) in [5.41, 5.74) is 6.17. The van der Waals surface area contributed by atoms with Crippen molar-refractivity contribution in [1.82, 2.24) is 15.4 Å². The van der Waals surface area contributed by atoms with Gasteiger partial charge in [-0.05, 0) is 36.2 Å². The molecule has 2 aromatic carbocycles. The third-order valence-corrected chi connectivity index (χ3v) is 4.67. The number of hydrazine groups is 1. The maximum absolute atomic E-state index is 12.4. The number of hydrogen-bond acceptors (Lipinski definition) is 7. The Morgan fingerprint density at radius 2 is 1.87 bits per heavy atom. The molecule has 154 valence electrons.